The second-order valence-corrected chi connectivity index (χ2v) is 5.73. The zero-order valence-electron chi connectivity index (χ0n) is 14.3. The summed E-state index contributed by atoms with van der Waals surface area (Å²) in [5.41, 5.74) is 1.51. The lowest BCUT2D eigenvalue weighted by Crippen LogP contribution is -2.24. The van der Waals surface area contributed by atoms with Gasteiger partial charge in [0.25, 0.3) is 5.91 Å². The van der Waals surface area contributed by atoms with Gasteiger partial charge in [0.2, 0.25) is 5.91 Å². The summed E-state index contributed by atoms with van der Waals surface area (Å²) in [6.45, 7) is 0.597. The molecule has 6 heteroatoms. The zero-order valence-corrected chi connectivity index (χ0v) is 14.3. The van der Waals surface area contributed by atoms with E-state index >= 15 is 0 Å². The second kappa shape index (κ2) is 8.82. The van der Waals surface area contributed by atoms with Gasteiger partial charge in [-0.25, -0.2) is 4.39 Å². The third-order valence-corrected chi connectivity index (χ3v) is 3.51. The molecule has 2 aromatic rings. The molecule has 1 N–H and O–H groups in total. The Morgan fingerprint density at radius 2 is 1.68 bits per heavy atom. The van der Waals surface area contributed by atoms with Crippen molar-refractivity contribution in [3.8, 4) is 5.75 Å². The molecule has 0 saturated carbocycles. The maximum absolute atomic E-state index is 12.8. The van der Waals surface area contributed by atoms with Crippen LogP contribution in [-0.4, -0.2) is 37.4 Å². The van der Waals surface area contributed by atoms with Gasteiger partial charge in [-0.15, -0.1) is 0 Å². The predicted molar refractivity (Wildman–Crippen MR) is 92.8 cm³/mol. The maximum Gasteiger partial charge on any atom is 0.253 e. The van der Waals surface area contributed by atoms with Gasteiger partial charge in [0.1, 0.15) is 11.6 Å². The minimum absolute atomic E-state index is 0.0615. The summed E-state index contributed by atoms with van der Waals surface area (Å²) in [5, 5.41) is 2.79. The van der Waals surface area contributed by atoms with Crippen LogP contribution in [-0.2, 0) is 11.3 Å². The van der Waals surface area contributed by atoms with Crippen molar-refractivity contribution in [1.82, 2.24) is 10.2 Å². The maximum atomic E-state index is 12.8. The van der Waals surface area contributed by atoms with Crippen LogP contribution in [0.1, 0.15) is 22.3 Å². The number of nitrogens with zero attached hydrogens (tertiary/aromatic N) is 1. The van der Waals surface area contributed by atoms with Crippen molar-refractivity contribution < 1.29 is 18.7 Å². The molecular formula is C19H21FN2O3. The molecule has 5 nitrogen and oxygen atoms in total. The van der Waals surface area contributed by atoms with E-state index in [-0.39, 0.29) is 30.7 Å². The Labute approximate surface area is 146 Å². The van der Waals surface area contributed by atoms with Crippen LogP contribution < -0.4 is 10.1 Å². The van der Waals surface area contributed by atoms with Crippen LogP contribution in [0.3, 0.4) is 0 Å². The molecule has 0 heterocycles. The van der Waals surface area contributed by atoms with Crippen molar-refractivity contribution in [2.45, 2.75) is 13.0 Å². The van der Waals surface area contributed by atoms with Crippen LogP contribution in [0.5, 0.6) is 5.75 Å². The monoisotopic (exact) mass is 344 g/mol. The number of halogens is 1. The lowest BCUT2D eigenvalue weighted by Gasteiger charge is -2.11. The Balaban J connectivity index is 1.72. The Morgan fingerprint density at radius 3 is 2.28 bits per heavy atom. The number of nitrogens with one attached hydrogen (secondary N) is 1. The molecule has 0 spiro atoms. The van der Waals surface area contributed by atoms with Crippen LogP contribution in [0.25, 0.3) is 0 Å². The largest absolute Gasteiger partial charge is 0.493 e. The van der Waals surface area contributed by atoms with Crippen molar-refractivity contribution in [3.05, 3.63) is 65.5 Å². The number of rotatable bonds is 7. The first-order valence-corrected chi connectivity index (χ1v) is 7.91. The fourth-order valence-corrected chi connectivity index (χ4v) is 2.10. The van der Waals surface area contributed by atoms with Gasteiger partial charge in [0.05, 0.1) is 13.0 Å². The average molecular weight is 344 g/mol. The molecule has 2 rings (SSSR count). The molecular weight excluding hydrogens is 323 g/mol. The molecule has 0 aliphatic heterocycles. The summed E-state index contributed by atoms with van der Waals surface area (Å²) in [7, 11) is 3.40. The SMILES string of the molecule is CN(C)C(=O)c1ccc(CNC(=O)CCOc2ccc(F)cc2)cc1. The number of hydrogen-bond acceptors (Lipinski definition) is 3. The fraction of sp³-hybridized carbons (Fsp3) is 0.263. The molecule has 0 radical (unpaired) electrons. The summed E-state index contributed by atoms with van der Waals surface area (Å²) < 4.78 is 18.1. The molecule has 2 aromatic carbocycles. The average Bonchev–Trinajstić information content (AvgIpc) is 2.61. The third-order valence-electron chi connectivity index (χ3n) is 3.51. The van der Waals surface area contributed by atoms with Gasteiger partial charge in [0.15, 0.2) is 0 Å². The van der Waals surface area contributed by atoms with Crippen LogP contribution in [0.15, 0.2) is 48.5 Å². The van der Waals surface area contributed by atoms with Crippen molar-refractivity contribution in [2.75, 3.05) is 20.7 Å². The minimum atomic E-state index is -0.330. The van der Waals surface area contributed by atoms with Gasteiger partial charge < -0.3 is 15.0 Å². The summed E-state index contributed by atoms with van der Waals surface area (Å²) >= 11 is 0. The highest BCUT2D eigenvalue weighted by Crippen LogP contribution is 2.11. The quantitative estimate of drug-likeness (QED) is 0.840. The zero-order chi connectivity index (χ0) is 18.2. The number of carbonyl (C=O) groups is 2. The highest BCUT2D eigenvalue weighted by molar-refractivity contribution is 5.93. The van der Waals surface area contributed by atoms with Gasteiger partial charge >= 0.3 is 0 Å². The lowest BCUT2D eigenvalue weighted by atomic mass is 10.1. The number of hydrogen-bond donors (Lipinski definition) is 1. The van der Waals surface area contributed by atoms with Gasteiger partial charge in [-0.1, -0.05) is 12.1 Å². The molecule has 2 amide bonds. The van der Waals surface area contributed by atoms with Crippen molar-refractivity contribution in [2.24, 2.45) is 0 Å². The van der Waals surface area contributed by atoms with Gasteiger partial charge in [-0.3, -0.25) is 9.59 Å². The van der Waals surface area contributed by atoms with Crippen LogP contribution in [0.2, 0.25) is 0 Å². The van der Waals surface area contributed by atoms with E-state index in [4.69, 9.17) is 4.74 Å². The highest BCUT2D eigenvalue weighted by Gasteiger charge is 2.07. The Kier molecular flexibility index (Phi) is 6.51. The molecule has 0 atom stereocenters. The van der Waals surface area contributed by atoms with E-state index < -0.39 is 0 Å². The second-order valence-electron chi connectivity index (χ2n) is 5.73. The van der Waals surface area contributed by atoms with Crippen LogP contribution in [0, 0.1) is 5.82 Å². The molecule has 0 aromatic heterocycles. The van der Waals surface area contributed by atoms with Gasteiger partial charge in [-0.05, 0) is 42.0 Å². The third kappa shape index (κ3) is 5.91. The van der Waals surface area contributed by atoms with Crippen molar-refractivity contribution >= 4 is 11.8 Å². The van der Waals surface area contributed by atoms with E-state index in [1.54, 1.807) is 26.2 Å². The minimum Gasteiger partial charge on any atom is -0.493 e. The molecule has 0 aliphatic rings. The topological polar surface area (TPSA) is 58.6 Å². The summed E-state index contributed by atoms with van der Waals surface area (Å²) in [5.74, 6) is -0.0113. The Hall–Kier alpha value is -2.89. The van der Waals surface area contributed by atoms with E-state index in [0.717, 1.165) is 5.56 Å². The lowest BCUT2D eigenvalue weighted by molar-refractivity contribution is -0.121. The number of benzene rings is 2. The van der Waals surface area contributed by atoms with E-state index in [2.05, 4.69) is 5.32 Å². The highest BCUT2D eigenvalue weighted by atomic mass is 19.1. The fourth-order valence-electron chi connectivity index (χ4n) is 2.10. The molecule has 0 saturated heterocycles. The summed E-state index contributed by atoms with van der Waals surface area (Å²) in [6, 6.07) is 12.7. The summed E-state index contributed by atoms with van der Waals surface area (Å²) in [6.07, 6.45) is 0.203. The van der Waals surface area contributed by atoms with E-state index in [0.29, 0.717) is 17.9 Å². The molecule has 0 fully saturated rings. The number of amides is 2. The van der Waals surface area contributed by atoms with E-state index in [1.807, 2.05) is 12.1 Å². The van der Waals surface area contributed by atoms with Crippen LogP contribution in [0.4, 0.5) is 4.39 Å². The number of ether oxygens (including phenoxy) is 1. The van der Waals surface area contributed by atoms with Crippen LogP contribution >= 0.6 is 0 Å². The smallest absolute Gasteiger partial charge is 0.253 e. The van der Waals surface area contributed by atoms with Crippen molar-refractivity contribution in [3.63, 3.8) is 0 Å². The van der Waals surface area contributed by atoms with E-state index in [9.17, 15) is 14.0 Å². The molecule has 0 unspecified atom stereocenters. The predicted octanol–water partition coefficient (Wildman–Crippen LogP) is 2.61. The first-order valence-electron chi connectivity index (χ1n) is 7.91. The van der Waals surface area contributed by atoms with Gasteiger partial charge in [0, 0.05) is 26.2 Å². The van der Waals surface area contributed by atoms with Gasteiger partial charge in [-0.2, -0.15) is 0 Å². The van der Waals surface area contributed by atoms with E-state index in [1.165, 1.54) is 29.2 Å². The normalized spacial score (nSPS) is 10.2. The Bertz CT molecular complexity index is 712. The molecule has 25 heavy (non-hydrogen) atoms. The Morgan fingerprint density at radius 1 is 1.04 bits per heavy atom. The standard InChI is InChI=1S/C19H21FN2O3/c1-22(2)19(24)15-5-3-14(4-6-15)13-21-18(23)11-12-25-17-9-7-16(20)8-10-17/h3-10H,11-13H2,1-2H3,(H,21,23). The van der Waals surface area contributed by atoms with Crippen molar-refractivity contribution in [1.29, 1.82) is 0 Å². The molecule has 0 bridgehead atoms. The summed E-state index contributed by atoms with van der Waals surface area (Å²) in [4.78, 5) is 25.1. The number of carbonyl (C=O) groups excluding carboxylic acids is 2. The molecule has 0 aliphatic carbocycles. The molecule has 132 valence electrons. The first-order chi connectivity index (χ1) is 12.0. The first kappa shape index (κ1) is 18.4.